The fourth-order valence-corrected chi connectivity index (χ4v) is 1.35. The van der Waals surface area contributed by atoms with Crippen molar-refractivity contribution >= 4 is 11.6 Å². The highest BCUT2D eigenvalue weighted by Gasteiger charge is 2.19. The van der Waals surface area contributed by atoms with Gasteiger partial charge >= 0.3 is 0 Å². The number of aryl methyl sites for hydroxylation is 1. The van der Waals surface area contributed by atoms with E-state index in [1.165, 1.54) is 4.90 Å². The van der Waals surface area contributed by atoms with Gasteiger partial charge in [0.25, 0.3) is 5.91 Å². The lowest BCUT2D eigenvalue weighted by Crippen LogP contribution is -2.27. The van der Waals surface area contributed by atoms with E-state index >= 15 is 0 Å². The number of carbonyl (C=O) groups excluding carboxylic acids is 1. The summed E-state index contributed by atoms with van der Waals surface area (Å²) in [5.74, 6) is -0.232. The maximum atomic E-state index is 12.0. The normalized spacial score (nSPS) is 10.1. The number of hydrogen-bond donors (Lipinski definition) is 0. The third-order valence-corrected chi connectivity index (χ3v) is 2.30. The van der Waals surface area contributed by atoms with Crippen molar-refractivity contribution in [2.24, 2.45) is 0 Å². The van der Waals surface area contributed by atoms with Crippen LogP contribution in [0.1, 0.15) is 16.2 Å². The summed E-state index contributed by atoms with van der Waals surface area (Å²) >= 11 is 0. The zero-order chi connectivity index (χ0) is 11.5. The SMILES string of the molecule is Cc1nonc1C(=O)N(C)c1ccccc1. The molecule has 2 rings (SSSR count). The highest BCUT2D eigenvalue weighted by molar-refractivity contribution is 6.04. The van der Waals surface area contributed by atoms with Crippen LogP contribution in [0.15, 0.2) is 35.0 Å². The molecular formula is C11H11N3O2. The molecule has 0 aliphatic heterocycles. The molecule has 1 aromatic carbocycles. The maximum absolute atomic E-state index is 12.0. The van der Waals surface area contributed by atoms with Crippen LogP contribution in [0.4, 0.5) is 5.69 Å². The summed E-state index contributed by atoms with van der Waals surface area (Å²) in [7, 11) is 1.69. The first-order chi connectivity index (χ1) is 7.70. The van der Waals surface area contributed by atoms with Crippen LogP contribution in [0.25, 0.3) is 0 Å². The van der Waals surface area contributed by atoms with E-state index in [9.17, 15) is 4.79 Å². The third kappa shape index (κ3) is 1.79. The van der Waals surface area contributed by atoms with E-state index in [1.54, 1.807) is 14.0 Å². The summed E-state index contributed by atoms with van der Waals surface area (Å²) < 4.78 is 4.50. The van der Waals surface area contributed by atoms with Crippen molar-refractivity contribution in [3.63, 3.8) is 0 Å². The monoisotopic (exact) mass is 217 g/mol. The van der Waals surface area contributed by atoms with Crippen molar-refractivity contribution in [1.29, 1.82) is 0 Å². The minimum atomic E-state index is -0.232. The lowest BCUT2D eigenvalue weighted by atomic mass is 10.2. The number of anilines is 1. The van der Waals surface area contributed by atoms with Crippen molar-refractivity contribution in [1.82, 2.24) is 10.3 Å². The maximum Gasteiger partial charge on any atom is 0.282 e. The number of amides is 1. The summed E-state index contributed by atoms with van der Waals surface area (Å²) in [6.07, 6.45) is 0. The molecule has 0 aliphatic rings. The third-order valence-electron chi connectivity index (χ3n) is 2.30. The Balaban J connectivity index is 2.27. The number of aromatic nitrogens is 2. The molecule has 0 bridgehead atoms. The van der Waals surface area contributed by atoms with Gasteiger partial charge in [0.05, 0.1) is 0 Å². The number of para-hydroxylation sites is 1. The van der Waals surface area contributed by atoms with Crippen LogP contribution >= 0.6 is 0 Å². The fraction of sp³-hybridized carbons (Fsp3) is 0.182. The lowest BCUT2D eigenvalue weighted by Gasteiger charge is -2.15. The quantitative estimate of drug-likeness (QED) is 0.767. The molecule has 0 N–H and O–H groups in total. The Labute approximate surface area is 92.6 Å². The molecule has 1 amide bonds. The van der Waals surface area contributed by atoms with E-state index in [2.05, 4.69) is 14.9 Å². The Morgan fingerprint density at radius 2 is 1.94 bits per heavy atom. The van der Waals surface area contributed by atoms with Crippen LogP contribution in [0, 0.1) is 6.92 Å². The molecule has 5 nitrogen and oxygen atoms in total. The second kappa shape index (κ2) is 4.14. The number of hydrogen-bond acceptors (Lipinski definition) is 4. The van der Waals surface area contributed by atoms with Crippen molar-refractivity contribution in [3.05, 3.63) is 41.7 Å². The van der Waals surface area contributed by atoms with E-state index < -0.39 is 0 Å². The van der Waals surface area contributed by atoms with Gasteiger partial charge in [-0.3, -0.25) is 4.79 Å². The second-order valence-electron chi connectivity index (χ2n) is 3.40. The van der Waals surface area contributed by atoms with Crippen LogP contribution in [0.3, 0.4) is 0 Å². The largest absolute Gasteiger partial charge is 0.310 e. The van der Waals surface area contributed by atoms with Crippen molar-refractivity contribution in [3.8, 4) is 0 Å². The molecule has 0 saturated heterocycles. The fourth-order valence-electron chi connectivity index (χ4n) is 1.35. The smallest absolute Gasteiger partial charge is 0.282 e. The van der Waals surface area contributed by atoms with Gasteiger partial charge in [-0.05, 0) is 24.2 Å². The molecule has 16 heavy (non-hydrogen) atoms. The summed E-state index contributed by atoms with van der Waals surface area (Å²) in [6, 6.07) is 9.33. The lowest BCUT2D eigenvalue weighted by molar-refractivity contribution is 0.0983. The Bertz CT molecular complexity index is 493. The van der Waals surface area contributed by atoms with Gasteiger partial charge in [-0.15, -0.1) is 0 Å². The highest BCUT2D eigenvalue weighted by Crippen LogP contribution is 2.14. The molecule has 1 heterocycles. The standard InChI is InChI=1S/C11H11N3O2/c1-8-10(13-16-12-8)11(15)14(2)9-6-4-3-5-7-9/h3-7H,1-2H3. The number of rotatable bonds is 2. The predicted octanol–water partition coefficient (Wildman–Crippen LogP) is 1.65. The van der Waals surface area contributed by atoms with Gasteiger partial charge in [0.2, 0.25) is 0 Å². The Hall–Kier alpha value is -2.17. The number of carbonyl (C=O) groups is 1. The molecule has 0 radical (unpaired) electrons. The van der Waals surface area contributed by atoms with Gasteiger partial charge in [-0.25, -0.2) is 4.63 Å². The van der Waals surface area contributed by atoms with Crippen LogP contribution in [-0.4, -0.2) is 23.3 Å². The van der Waals surface area contributed by atoms with Gasteiger partial charge in [0.1, 0.15) is 5.69 Å². The Morgan fingerprint density at radius 3 is 2.50 bits per heavy atom. The molecule has 5 heteroatoms. The first-order valence-electron chi connectivity index (χ1n) is 4.82. The summed E-state index contributed by atoms with van der Waals surface area (Å²) in [4.78, 5) is 13.5. The van der Waals surface area contributed by atoms with Crippen LogP contribution in [0.5, 0.6) is 0 Å². The van der Waals surface area contributed by atoms with Crippen LogP contribution in [-0.2, 0) is 0 Å². The molecule has 0 atom stereocenters. The zero-order valence-corrected chi connectivity index (χ0v) is 9.04. The predicted molar refractivity (Wildman–Crippen MR) is 58.2 cm³/mol. The minimum absolute atomic E-state index is 0.232. The molecule has 0 aliphatic carbocycles. The molecule has 0 unspecified atom stereocenters. The van der Waals surface area contributed by atoms with Crippen LogP contribution in [0.2, 0.25) is 0 Å². The first-order valence-corrected chi connectivity index (χ1v) is 4.82. The van der Waals surface area contributed by atoms with Crippen molar-refractivity contribution < 1.29 is 9.42 Å². The number of benzene rings is 1. The van der Waals surface area contributed by atoms with E-state index in [1.807, 2.05) is 30.3 Å². The van der Waals surface area contributed by atoms with Gasteiger partial charge in [0, 0.05) is 12.7 Å². The highest BCUT2D eigenvalue weighted by atomic mass is 16.6. The topological polar surface area (TPSA) is 59.2 Å². The number of nitrogens with zero attached hydrogens (tertiary/aromatic N) is 3. The van der Waals surface area contributed by atoms with Crippen molar-refractivity contribution in [2.45, 2.75) is 6.92 Å². The van der Waals surface area contributed by atoms with Gasteiger partial charge in [-0.1, -0.05) is 23.4 Å². The molecule has 0 saturated carbocycles. The van der Waals surface area contributed by atoms with Gasteiger partial charge in [0.15, 0.2) is 5.69 Å². The zero-order valence-electron chi connectivity index (χ0n) is 9.04. The average molecular weight is 217 g/mol. The molecule has 0 spiro atoms. The Kier molecular flexibility index (Phi) is 2.68. The molecular weight excluding hydrogens is 206 g/mol. The van der Waals surface area contributed by atoms with Gasteiger partial charge in [-0.2, -0.15) is 0 Å². The van der Waals surface area contributed by atoms with Crippen LogP contribution < -0.4 is 4.90 Å². The summed E-state index contributed by atoms with van der Waals surface area (Å²) in [5, 5.41) is 7.17. The second-order valence-corrected chi connectivity index (χ2v) is 3.40. The van der Waals surface area contributed by atoms with Gasteiger partial charge < -0.3 is 4.90 Å². The Morgan fingerprint density at radius 1 is 1.25 bits per heavy atom. The summed E-state index contributed by atoms with van der Waals surface area (Å²) in [5.41, 5.74) is 1.54. The molecule has 2 aromatic rings. The van der Waals surface area contributed by atoms with E-state index in [0.717, 1.165) is 5.69 Å². The molecule has 1 aromatic heterocycles. The van der Waals surface area contributed by atoms with Crippen molar-refractivity contribution in [2.75, 3.05) is 11.9 Å². The van der Waals surface area contributed by atoms with E-state index in [-0.39, 0.29) is 11.6 Å². The van der Waals surface area contributed by atoms with E-state index in [4.69, 9.17) is 0 Å². The minimum Gasteiger partial charge on any atom is -0.310 e. The first kappa shape index (κ1) is 10.4. The van der Waals surface area contributed by atoms with E-state index in [0.29, 0.717) is 5.69 Å². The summed E-state index contributed by atoms with van der Waals surface area (Å²) in [6.45, 7) is 1.68. The molecule has 82 valence electrons. The molecule has 0 fully saturated rings. The average Bonchev–Trinajstić information content (AvgIpc) is 2.75.